The van der Waals surface area contributed by atoms with Crippen LogP contribution in [0.2, 0.25) is 0 Å². The third-order valence-electron chi connectivity index (χ3n) is 1.85. The van der Waals surface area contributed by atoms with E-state index in [1.807, 2.05) is 6.92 Å². The predicted molar refractivity (Wildman–Crippen MR) is 53.5 cm³/mol. The van der Waals surface area contributed by atoms with Crippen molar-refractivity contribution in [2.45, 2.75) is 26.3 Å². The Hall–Kier alpha value is -1.65. The summed E-state index contributed by atoms with van der Waals surface area (Å²) in [4.78, 5) is 25.3. The Balaban J connectivity index is 2.34. The van der Waals surface area contributed by atoms with Gasteiger partial charge in [0.1, 0.15) is 12.2 Å². The molecule has 1 heterocycles. The van der Waals surface area contributed by atoms with Crippen LogP contribution in [0.1, 0.15) is 30.3 Å². The highest BCUT2D eigenvalue weighted by Crippen LogP contribution is 1.95. The van der Waals surface area contributed by atoms with Crippen molar-refractivity contribution in [1.82, 2.24) is 9.55 Å². The van der Waals surface area contributed by atoms with Gasteiger partial charge >= 0.3 is 5.97 Å². The van der Waals surface area contributed by atoms with Crippen molar-refractivity contribution in [3.8, 4) is 0 Å². The fraction of sp³-hybridized carbons (Fsp3) is 0.500. The number of ether oxygens (including phenoxy) is 1. The Bertz CT molecular complexity index is 333. The summed E-state index contributed by atoms with van der Waals surface area (Å²) >= 11 is 0. The third kappa shape index (κ3) is 3.93. The average molecular weight is 210 g/mol. The maximum absolute atomic E-state index is 11.2. The van der Waals surface area contributed by atoms with Crippen LogP contribution in [-0.2, 0) is 16.1 Å². The van der Waals surface area contributed by atoms with E-state index in [1.54, 1.807) is 0 Å². The summed E-state index contributed by atoms with van der Waals surface area (Å²) < 4.78 is 6.48. The van der Waals surface area contributed by atoms with Gasteiger partial charge in [0.05, 0.1) is 12.9 Å². The van der Waals surface area contributed by atoms with Crippen molar-refractivity contribution in [1.29, 1.82) is 0 Å². The number of rotatable bonds is 6. The number of aromatic nitrogens is 2. The molecular weight excluding hydrogens is 196 g/mol. The van der Waals surface area contributed by atoms with Crippen LogP contribution in [0.5, 0.6) is 0 Å². The molecule has 0 aliphatic carbocycles. The van der Waals surface area contributed by atoms with Gasteiger partial charge in [-0.15, -0.1) is 0 Å². The van der Waals surface area contributed by atoms with Crippen molar-refractivity contribution < 1.29 is 14.3 Å². The first-order valence-corrected chi connectivity index (χ1v) is 4.89. The van der Waals surface area contributed by atoms with Crippen LogP contribution in [0.4, 0.5) is 0 Å². The van der Waals surface area contributed by atoms with E-state index in [1.165, 1.54) is 17.1 Å². The summed E-state index contributed by atoms with van der Waals surface area (Å²) in [5.74, 6) is -0.307. The number of imidazole rings is 1. The standard InChI is InChI=1S/C10H14N2O3/c1-2-3-4-15-10(14)6-12-5-9(7-13)11-8-12/h5,7-8H,2-4,6H2,1H3. The molecular formula is C10H14N2O3. The van der Waals surface area contributed by atoms with Gasteiger partial charge in [-0.1, -0.05) is 13.3 Å². The van der Waals surface area contributed by atoms with Gasteiger partial charge in [-0.05, 0) is 6.42 Å². The van der Waals surface area contributed by atoms with Crippen molar-refractivity contribution >= 4 is 12.3 Å². The average Bonchev–Trinajstić information content (AvgIpc) is 2.66. The second kappa shape index (κ2) is 5.95. The summed E-state index contributed by atoms with van der Waals surface area (Å²) in [7, 11) is 0. The molecule has 0 radical (unpaired) electrons. The zero-order valence-corrected chi connectivity index (χ0v) is 8.68. The molecule has 0 fully saturated rings. The molecule has 1 rings (SSSR count). The number of hydrogen-bond acceptors (Lipinski definition) is 4. The maximum Gasteiger partial charge on any atom is 0.325 e. The Morgan fingerprint density at radius 2 is 2.47 bits per heavy atom. The van der Waals surface area contributed by atoms with Crippen LogP contribution in [0.15, 0.2) is 12.5 Å². The lowest BCUT2D eigenvalue weighted by Gasteiger charge is -2.03. The first-order valence-electron chi connectivity index (χ1n) is 4.89. The molecule has 0 saturated carbocycles. The molecule has 0 bridgehead atoms. The molecule has 82 valence electrons. The number of nitrogens with zero attached hydrogens (tertiary/aromatic N) is 2. The zero-order chi connectivity index (χ0) is 11.1. The number of esters is 1. The summed E-state index contributed by atoms with van der Waals surface area (Å²) in [5.41, 5.74) is 0.316. The molecule has 0 unspecified atom stereocenters. The summed E-state index contributed by atoms with van der Waals surface area (Å²) in [5, 5.41) is 0. The monoisotopic (exact) mass is 210 g/mol. The Labute approximate surface area is 88.1 Å². The molecule has 0 aliphatic heterocycles. The van der Waals surface area contributed by atoms with Gasteiger partial charge < -0.3 is 9.30 Å². The second-order valence-corrected chi connectivity index (χ2v) is 3.16. The highest BCUT2D eigenvalue weighted by atomic mass is 16.5. The molecule has 0 saturated heterocycles. The summed E-state index contributed by atoms with van der Waals surface area (Å²) in [6.45, 7) is 2.58. The maximum atomic E-state index is 11.2. The normalized spacial score (nSPS) is 9.93. The predicted octanol–water partition coefficient (Wildman–Crippen LogP) is 1.04. The topological polar surface area (TPSA) is 61.2 Å². The quantitative estimate of drug-likeness (QED) is 0.400. The van der Waals surface area contributed by atoms with Gasteiger partial charge in [-0.3, -0.25) is 9.59 Å². The van der Waals surface area contributed by atoms with E-state index in [2.05, 4.69) is 4.98 Å². The Morgan fingerprint density at radius 1 is 1.67 bits per heavy atom. The first-order chi connectivity index (χ1) is 7.26. The fourth-order valence-corrected chi connectivity index (χ4v) is 1.05. The van der Waals surface area contributed by atoms with Crippen LogP contribution in [0.3, 0.4) is 0 Å². The number of carbonyl (C=O) groups is 2. The van der Waals surface area contributed by atoms with Gasteiger partial charge in [0.15, 0.2) is 6.29 Å². The van der Waals surface area contributed by atoms with E-state index in [0.29, 0.717) is 18.6 Å². The lowest BCUT2D eigenvalue weighted by molar-refractivity contribution is -0.144. The van der Waals surface area contributed by atoms with Gasteiger partial charge in [0.2, 0.25) is 0 Å². The minimum absolute atomic E-state index is 0.102. The molecule has 15 heavy (non-hydrogen) atoms. The van der Waals surface area contributed by atoms with Crippen LogP contribution < -0.4 is 0 Å². The van der Waals surface area contributed by atoms with Crippen LogP contribution in [0, 0.1) is 0 Å². The highest BCUT2D eigenvalue weighted by molar-refractivity contribution is 5.72. The van der Waals surface area contributed by atoms with E-state index < -0.39 is 0 Å². The fourth-order valence-electron chi connectivity index (χ4n) is 1.05. The smallest absolute Gasteiger partial charge is 0.325 e. The number of hydrogen-bond donors (Lipinski definition) is 0. The van der Waals surface area contributed by atoms with E-state index in [0.717, 1.165) is 12.8 Å². The van der Waals surface area contributed by atoms with Crippen molar-refractivity contribution in [2.75, 3.05) is 6.61 Å². The molecule has 0 atom stereocenters. The molecule has 5 nitrogen and oxygen atoms in total. The van der Waals surface area contributed by atoms with E-state index in [-0.39, 0.29) is 12.5 Å². The van der Waals surface area contributed by atoms with Crippen molar-refractivity contribution in [2.24, 2.45) is 0 Å². The Kier molecular flexibility index (Phi) is 4.53. The van der Waals surface area contributed by atoms with Crippen LogP contribution in [0.25, 0.3) is 0 Å². The molecule has 0 aromatic carbocycles. The molecule has 0 amide bonds. The SMILES string of the molecule is CCCCOC(=O)Cn1cnc(C=O)c1. The number of aldehydes is 1. The minimum Gasteiger partial charge on any atom is -0.464 e. The van der Waals surface area contributed by atoms with Gasteiger partial charge in [-0.2, -0.15) is 0 Å². The second-order valence-electron chi connectivity index (χ2n) is 3.16. The van der Waals surface area contributed by atoms with E-state index in [4.69, 9.17) is 4.74 Å². The van der Waals surface area contributed by atoms with Gasteiger partial charge in [0, 0.05) is 6.20 Å². The lowest BCUT2D eigenvalue weighted by atomic mass is 10.4. The third-order valence-corrected chi connectivity index (χ3v) is 1.85. The van der Waals surface area contributed by atoms with Crippen molar-refractivity contribution in [3.05, 3.63) is 18.2 Å². The molecule has 0 aliphatic rings. The summed E-state index contributed by atoms with van der Waals surface area (Å²) in [6.07, 6.45) is 5.45. The van der Waals surface area contributed by atoms with Crippen LogP contribution in [-0.4, -0.2) is 28.4 Å². The van der Waals surface area contributed by atoms with E-state index in [9.17, 15) is 9.59 Å². The molecule has 0 N–H and O–H groups in total. The molecule has 1 aromatic heterocycles. The Morgan fingerprint density at radius 3 is 3.07 bits per heavy atom. The number of unbranched alkanes of at least 4 members (excludes halogenated alkanes) is 1. The van der Waals surface area contributed by atoms with E-state index >= 15 is 0 Å². The summed E-state index contributed by atoms with van der Waals surface area (Å²) in [6, 6.07) is 0. The molecule has 5 heteroatoms. The zero-order valence-electron chi connectivity index (χ0n) is 8.68. The van der Waals surface area contributed by atoms with Gasteiger partial charge in [-0.25, -0.2) is 4.98 Å². The lowest BCUT2D eigenvalue weighted by Crippen LogP contribution is -2.13. The van der Waals surface area contributed by atoms with Crippen LogP contribution >= 0.6 is 0 Å². The van der Waals surface area contributed by atoms with Crippen molar-refractivity contribution in [3.63, 3.8) is 0 Å². The number of carbonyl (C=O) groups excluding carboxylic acids is 2. The highest BCUT2D eigenvalue weighted by Gasteiger charge is 2.04. The van der Waals surface area contributed by atoms with Gasteiger partial charge in [0.25, 0.3) is 0 Å². The first kappa shape index (κ1) is 11.4. The largest absolute Gasteiger partial charge is 0.464 e. The molecule has 0 spiro atoms. The minimum atomic E-state index is -0.307. The molecule has 1 aromatic rings.